The zero-order chi connectivity index (χ0) is 15.0. The van der Waals surface area contributed by atoms with Gasteiger partial charge in [0.2, 0.25) is 0 Å². The summed E-state index contributed by atoms with van der Waals surface area (Å²) in [7, 11) is 4.05. The quantitative estimate of drug-likeness (QED) is 0.860. The Hall–Kier alpha value is -1.55. The van der Waals surface area contributed by atoms with Gasteiger partial charge >= 0.3 is 0 Å². The normalized spacial score (nSPS) is 16.7. The van der Waals surface area contributed by atoms with Crippen molar-refractivity contribution in [1.29, 1.82) is 0 Å². The Morgan fingerprint density at radius 1 is 1.24 bits per heavy atom. The molecule has 2 aromatic rings. The SMILES string of the molecule is CN(C)c1ccc(Br)cc1NC1CCc2c(F)cccc21. The van der Waals surface area contributed by atoms with E-state index in [9.17, 15) is 4.39 Å². The molecule has 1 aliphatic rings. The summed E-state index contributed by atoms with van der Waals surface area (Å²) >= 11 is 3.52. The van der Waals surface area contributed by atoms with Crippen LogP contribution in [0.5, 0.6) is 0 Å². The monoisotopic (exact) mass is 348 g/mol. The van der Waals surface area contributed by atoms with E-state index in [0.29, 0.717) is 0 Å². The van der Waals surface area contributed by atoms with E-state index in [2.05, 4.69) is 38.3 Å². The van der Waals surface area contributed by atoms with Crippen LogP contribution in [0, 0.1) is 5.82 Å². The number of hydrogen-bond acceptors (Lipinski definition) is 2. The molecule has 1 unspecified atom stereocenters. The van der Waals surface area contributed by atoms with E-state index in [0.717, 1.165) is 39.8 Å². The van der Waals surface area contributed by atoms with Crippen LogP contribution in [0.25, 0.3) is 0 Å². The Morgan fingerprint density at radius 2 is 2.05 bits per heavy atom. The second kappa shape index (κ2) is 5.68. The highest BCUT2D eigenvalue weighted by molar-refractivity contribution is 9.10. The minimum absolute atomic E-state index is 0.0844. The lowest BCUT2D eigenvalue weighted by Crippen LogP contribution is -2.14. The second-order valence-electron chi connectivity index (χ2n) is 5.60. The molecular formula is C17H18BrFN2. The predicted octanol–water partition coefficient (Wildman–Crippen LogP) is 4.75. The van der Waals surface area contributed by atoms with Gasteiger partial charge in [0, 0.05) is 18.6 Å². The van der Waals surface area contributed by atoms with Crippen molar-refractivity contribution in [2.24, 2.45) is 0 Å². The molecular weight excluding hydrogens is 331 g/mol. The van der Waals surface area contributed by atoms with Crippen molar-refractivity contribution in [3.63, 3.8) is 0 Å². The van der Waals surface area contributed by atoms with Gasteiger partial charge in [-0.15, -0.1) is 0 Å². The summed E-state index contributed by atoms with van der Waals surface area (Å²) in [6.45, 7) is 0. The molecule has 1 atom stereocenters. The molecule has 4 heteroatoms. The fourth-order valence-corrected chi connectivity index (χ4v) is 3.32. The van der Waals surface area contributed by atoms with E-state index in [-0.39, 0.29) is 11.9 Å². The lowest BCUT2D eigenvalue weighted by molar-refractivity contribution is 0.612. The number of fused-ring (bicyclic) bond motifs is 1. The Morgan fingerprint density at radius 3 is 2.81 bits per heavy atom. The van der Waals surface area contributed by atoms with Gasteiger partial charge in [0.05, 0.1) is 17.4 Å². The largest absolute Gasteiger partial charge is 0.377 e. The van der Waals surface area contributed by atoms with Gasteiger partial charge in [0.1, 0.15) is 5.82 Å². The molecule has 0 amide bonds. The molecule has 2 aromatic carbocycles. The van der Waals surface area contributed by atoms with Crippen molar-refractivity contribution in [2.45, 2.75) is 18.9 Å². The van der Waals surface area contributed by atoms with Gasteiger partial charge in [-0.25, -0.2) is 4.39 Å². The van der Waals surface area contributed by atoms with Crippen molar-refractivity contribution in [1.82, 2.24) is 0 Å². The molecule has 0 heterocycles. The third kappa shape index (κ3) is 2.77. The highest BCUT2D eigenvalue weighted by Gasteiger charge is 2.25. The van der Waals surface area contributed by atoms with Crippen LogP contribution in [0.2, 0.25) is 0 Å². The van der Waals surface area contributed by atoms with Gasteiger partial charge in [0.15, 0.2) is 0 Å². The summed E-state index contributed by atoms with van der Waals surface area (Å²) in [5.74, 6) is -0.0844. The van der Waals surface area contributed by atoms with E-state index < -0.39 is 0 Å². The zero-order valence-corrected chi connectivity index (χ0v) is 13.7. The third-order valence-corrected chi connectivity index (χ3v) is 4.48. The lowest BCUT2D eigenvalue weighted by atomic mass is 10.1. The Kier molecular flexibility index (Phi) is 3.89. The summed E-state index contributed by atoms with van der Waals surface area (Å²) in [6.07, 6.45) is 1.72. The van der Waals surface area contributed by atoms with Crippen LogP contribution in [-0.2, 0) is 6.42 Å². The average molecular weight is 349 g/mol. The lowest BCUT2D eigenvalue weighted by Gasteiger charge is -2.22. The molecule has 2 nitrogen and oxygen atoms in total. The van der Waals surface area contributed by atoms with Crippen LogP contribution in [0.1, 0.15) is 23.6 Å². The Bertz CT molecular complexity index is 670. The van der Waals surface area contributed by atoms with Crippen molar-refractivity contribution in [2.75, 3.05) is 24.3 Å². The molecule has 0 saturated heterocycles. The smallest absolute Gasteiger partial charge is 0.126 e. The zero-order valence-electron chi connectivity index (χ0n) is 12.2. The molecule has 0 saturated carbocycles. The van der Waals surface area contributed by atoms with Gasteiger partial charge in [-0.05, 0) is 48.2 Å². The standard InChI is InChI=1S/C17H18BrFN2/c1-21(2)17-9-6-11(18)10-16(17)20-15-8-7-12-13(15)4-3-5-14(12)19/h3-6,9-10,15,20H,7-8H2,1-2H3. The van der Waals surface area contributed by atoms with Crippen LogP contribution < -0.4 is 10.2 Å². The molecule has 0 fully saturated rings. The number of halogens is 2. The van der Waals surface area contributed by atoms with E-state index >= 15 is 0 Å². The highest BCUT2D eigenvalue weighted by Crippen LogP contribution is 2.38. The first-order valence-corrected chi connectivity index (χ1v) is 7.86. The summed E-state index contributed by atoms with van der Waals surface area (Å²) in [4.78, 5) is 2.08. The number of nitrogens with one attached hydrogen (secondary N) is 1. The van der Waals surface area contributed by atoms with E-state index in [1.54, 1.807) is 12.1 Å². The number of anilines is 2. The molecule has 0 radical (unpaired) electrons. The van der Waals surface area contributed by atoms with Crippen LogP contribution in [0.4, 0.5) is 15.8 Å². The van der Waals surface area contributed by atoms with E-state index in [1.807, 2.05) is 26.2 Å². The number of nitrogens with zero attached hydrogens (tertiary/aromatic N) is 1. The first kappa shape index (κ1) is 14.4. The fraction of sp³-hybridized carbons (Fsp3) is 0.294. The molecule has 0 aromatic heterocycles. The van der Waals surface area contributed by atoms with Crippen molar-refractivity contribution >= 4 is 27.3 Å². The van der Waals surface area contributed by atoms with E-state index in [4.69, 9.17) is 0 Å². The molecule has 1 aliphatic carbocycles. The number of rotatable bonds is 3. The molecule has 0 spiro atoms. The number of benzene rings is 2. The minimum atomic E-state index is -0.0844. The van der Waals surface area contributed by atoms with Crippen molar-refractivity contribution < 1.29 is 4.39 Å². The molecule has 0 aliphatic heterocycles. The molecule has 110 valence electrons. The van der Waals surface area contributed by atoms with Crippen LogP contribution in [0.3, 0.4) is 0 Å². The maximum atomic E-state index is 13.8. The van der Waals surface area contributed by atoms with Crippen LogP contribution in [-0.4, -0.2) is 14.1 Å². The topological polar surface area (TPSA) is 15.3 Å². The molecule has 1 N–H and O–H groups in total. The molecule has 21 heavy (non-hydrogen) atoms. The van der Waals surface area contributed by atoms with Crippen molar-refractivity contribution in [3.8, 4) is 0 Å². The number of hydrogen-bond donors (Lipinski definition) is 1. The van der Waals surface area contributed by atoms with Gasteiger partial charge in [-0.2, -0.15) is 0 Å². The van der Waals surface area contributed by atoms with Gasteiger partial charge in [0.25, 0.3) is 0 Å². The summed E-state index contributed by atoms with van der Waals surface area (Å²) in [5, 5.41) is 3.58. The Balaban J connectivity index is 1.93. The first-order chi connectivity index (χ1) is 10.1. The van der Waals surface area contributed by atoms with Gasteiger partial charge in [-0.3, -0.25) is 0 Å². The molecule has 3 rings (SSSR count). The maximum Gasteiger partial charge on any atom is 0.126 e. The third-order valence-electron chi connectivity index (χ3n) is 3.98. The fourth-order valence-electron chi connectivity index (χ4n) is 2.96. The highest BCUT2D eigenvalue weighted by atomic mass is 79.9. The predicted molar refractivity (Wildman–Crippen MR) is 89.6 cm³/mol. The first-order valence-electron chi connectivity index (χ1n) is 7.07. The Labute approximate surface area is 133 Å². The summed E-state index contributed by atoms with van der Waals surface area (Å²) in [5.41, 5.74) is 4.13. The second-order valence-corrected chi connectivity index (χ2v) is 6.51. The summed E-state index contributed by atoms with van der Waals surface area (Å²) in [6, 6.07) is 11.7. The van der Waals surface area contributed by atoms with Gasteiger partial charge < -0.3 is 10.2 Å². The minimum Gasteiger partial charge on any atom is -0.377 e. The summed E-state index contributed by atoms with van der Waals surface area (Å²) < 4.78 is 14.9. The average Bonchev–Trinajstić information content (AvgIpc) is 2.83. The van der Waals surface area contributed by atoms with Gasteiger partial charge in [-0.1, -0.05) is 28.1 Å². The van der Waals surface area contributed by atoms with Crippen LogP contribution in [0.15, 0.2) is 40.9 Å². The van der Waals surface area contributed by atoms with Crippen molar-refractivity contribution in [3.05, 3.63) is 57.8 Å². The van der Waals surface area contributed by atoms with Crippen LogP contribution >= 0.6 is 15.9 Å². The maximum absolute atomic E-state index is 13.8. The van der Waals surface area contributed by atoms with E-state index in [1.165, 1.54) is 0 Å². The molecule has 0 bridgehead atoms.